The number of rotatable bonds is 3. The Morgan fingerprint density at radius 2 is 2.38 bits per heavy atom. The van der Waals surface area contributed by atoms with Crippen LogP contribution in [0.2, 0.25) is 0 Å². The number of nitrogens with zero attached hydrogens (tertiary/aromatic N) is 1. The van der Waals surface area contributed by atoms with Gasteiger partial charge in [-0.05, 0) is 0 Å². The maximum absolute atomic E-state index is 11.1. The van der Waals surface area contributed by atoms with Crippen molar-refractivity contribution < 1.29 is 14.7 Å². The summed E-state index contributed by atoms with van der Waals surface area (Å²) in [6.07, 6.45) is 0.738. The van der Waals surface area contributed by atoms with E-state index < -0.39 is 5.97 Å². The number of hydrogen-bond donors (Lipinski definition) is 1. The number of carboxylic acid groups (broad SMARTS) is 1. The summed E-state index contributed by atoms with van der Waals surface area (Å²) in [5.41, 5.74) is 0. The van der Waals surface area contributed by atoms with E-state index in [0.29, 0.717) is 25.3 Å². The van der Waals surface area contributed by atoms with E-state index in [9.17, 15) is 9.59 Å². The van der Waals surface area contributed by atoms with Crippen molar-refractivity contribution >= 4 is 11.8 Å². The molecule has 1 fully saturated rings. The zero-order chi connectivity index (χ0) is 9.84. The van der Waals surface area contributed by atoms with E-state index in [0.717, 1.165) is 6.54 Å². The largest absolute Gasteiger partial charge is 0.481 e. The number of carbonyl (C=O) groups excluding carboxylic acids is 1. The van der Waals surface area contributed by atoms with Crippen molar-refractivity contribution in [3.05, 3.63) is 0 Å². The average Bonchev–Trinajstić information content (AvgIpc) is 2.07. The Bertz CT molecular complexity index is 215. The van der Waals surface area contributed by atoms with Crippen LogP contribution in [0.25, 0.3) is 0 Å². The maximum Gasteiger partial charge on any atom is 0.304 e. The van der Waals surface area contributed by atoms with Gasteiger partial charge in [0.05, 0.1) is 6.42 Å². The first-order valence-corrected chi connectivity index (χ1v) is 4.56. The second-order valence-corrected chi connectivity index (χ2v) is 3.56. The van der Waals surface area contributed by atoms with Gasteiger partial charge in [-0.1, -0.05) is 6.92 Å². The average molecular weight is 185 g/mol. The minimum Gasteiger partial charge on any atom is -0.481 e. The van der Waals surface area contributed by atoms with Gasteiger partial charge in [0.1, 0.15) is 5.78 Å². The Balaban J connectivity index is 2.29. The van der Waals surface area contributed by atoms with Crippen molar-refractivity contribution in [1.29, 1.82) is 0 Å². The molecular formula is C9H15NO3. The molecule has 4 nitrogen and oxygen atoms in total. The summed E-state index contributed by atoms with van der Waals surface area (Å²) in [6, 6.07) is 0. The van der Waals surface area contributed by atoms with Gasteiger partial charge in [-0.25, -0.2) is 0 Å². The molecule has 0 saturated carbocycles. The third-order valence-electron chi connectivity index (χ3n) is 2.40. The molecule has 4 heteroatoms. The van der Waals surface area contributed by atoms with Crippen LogP contribution in [0, 0.1) is 5.92 Å². The Labute approximate surface area is 77.5 Å². The van der Waals surface area contributed by atoms with Crippen molar-refractivity contribution in [3.63, 3.8) is 0 Å². The van der Waals surface area contributed by atoms with E-state index in [2.05, 4.69) is 0 Å². The lowest BCUT2D eigenvalue weighted by Gasteiger charge is -2.29. The molecule has 0 amide bonds. The van der Waals surface area contributed by atoms with Crippen LogP contribution in [-0.4, -0.2) is 41.4 Å². The van der Waals surface area contributed by atoms with Crippen molar-refractivity contribution in [2.75, 3.05) is 19.6 Å². The quantitative estimate of drug-likeness (QED) is 0.690. The molecular weight excluding hydrogens is 170 g/mol. The first kappa shape index (κ1) is 10.2. The van der Waals surface area contributed by atoms with Crippen LogP contribution >= 0.6 is 0 Å². The van der Waals surface area contributed by atoms with Crippen LogP contribution in [0.4, 0.5) is 0 Å². The zero-order valence-electron chi connectivity index (χ0n) is 7.82. The molecule has 0 aromatic carbocycles. The summed E-state index contributed by atoms with van der Waals surface area (Å²) in [6.45, 7) is 3.89. The molecule has 0 bridgehead atoms. The van der Waals surface area contributed by atoms with Crippen molar-refractivity contribution in [2.45, 2.75) is 19.8 Å². The highest BCUT2D eigenvalue weighted by Gasteiger charge is 2.23. The monoisotopic (exact) mass is 185 g/mol. The third-order valence-corrected chi connectivity index (χ3v) is 2.40. The fourth-order valence-corrected chi connectivity index (χ4v) is 1.55. The predicted octanol–water partition coefficient (Wildman–Crippen LogP) is 0.372. The highest BCUT2D eigenvalue weighted by molar-refractivity contribution is 5.81. The SMILES string of the molecule is CC1CN(CCC(=O)O)CCC1=O. The second kappa shape index (κ2) is 4.37. The van der Waals surface area contributed by atoms with Crippen molar-refractivity contribution in [1.82, 2.24) is 4.90 Å². The molecule has 1 saturated heterocycles. The van der Waals surface area contributed by atoms with Crippen molar-refractivity contribution in [2.24, 2.45) is 5.92 Å². The van der Waals surface area contributed by atoms with Crippen molar-refractivity contribution in [3.8, 4) is 0 Å². The molecule has 0 radical (unpaired) electrons. The number of piperidine rings is 1. The molecule has 1 aliphatic heterocycles. The number of carboxylic acids is 1. The zero-order valence-corrected chi connectivity index (χ0v) is 7.82. The van der Waals surface area contributed by atoms with E-state index in [1.165, 1.54) is 0 Å². The molecule has 0 spiro atoms. The van der Waals surface area contributed by atoms with Crippen LogP contribution in [0.15, 0.2) is 0 Å². The number of likely N-dealkylation sites (tertiary alicyclic amines) is 1. The van der Waals surface area contributed by atoms with E-state index in [4.69, 9.17) is 5.11 Å². The van der Waals surface area contributed by atoms with Gasteiger partial charge in [-0.2, -0.15) is 0 Å². The molecule has 74 valence electrons. The number of hydrogen-bond acceptors (Lipinski definition) is 3. The van der Waals surface area contributed by atoms with Gasteiger partial charge in [-0.3, -0.25) is 9.59 Å². The predicted molar refractivity (Wildman–Crippen MR) is 47.5 cm³/mol. The lowest BCUT2D eigenvalue weighted by atomic mass is 9.98. The van der Waals surface area contributed by atoms with Crippen LogP contribution in [-0.2, 0) is 9.59 Å². The number of aliphatic carboxylic acids is 1. The summed E-state index contributed by atoms with van der Waals surface area (Å²) in [5.74, 6) is -0.404. The molecule has 1 rings (SSSR count). The third kappa shape index (κ3) is 3.14. The summed E-state index contributed by atoms with van der Waals surface area (Å²) < 4.78 is 0. The normalized spacial score (nSPS) is 24.7. The summed E-state index contributed by atoms with van der Waals surface area (Å²) in [7, 11) is 0. The van der Waals surface area contributed by atoms with Crippen LogP contribution < -0.4 is 0 Å². The molecule has 13 heavy (non-hydrogen) atoms. The van der Waals surface area contributed by atoms with Gasteiger partial charge in [0.15, 0.2) is 0 Å². The molecule has 0 aliphatic carbocycles. The van der Waals surface area contributed by atoms with E-state index in [1.54, 1.807) is 0 Å². The standard InChI is InChI=1S/C9H15NO3/c1-7-6-10(4-2-8(7)11)5-3-9(12)13/h7H,2-6H2,1H3,(H,12,13). The Morgan fingerprint density at radius 1 is 1.69 bits per heavy atom. The molecule has 1 heterocycles. The van der Waals surface area contributed by atoms with Gasteiger partial charge in [0, 0.05) is 32.0 Å². The van der Waals surface area contributed by atoms with Crippen LogP contribution in [0.1, 0.15) is 19.8 Å². The Morgan fingerprint density at radius 3 is 2.92 bits per heavy atom. The van der Waals surface area contributed by atoms with Gasteiger partial charge >= 0.3 is 5.97 Å². The van der Waals surface area contributed by atoms with Crippen LogP contribution in [0.3, 0.4) is 0 Å². The smallest absolute Gasteiger partial charge is 0.304 e. The van der Waals surface area contributed by atoms with Gasteiger partial charge in [-0.15, -0.1) is 0 Å². The van der Waals surface area contributed by atoms with Gasteiger partial charge < -0.3 is 10.0 Å². The highest BCUT2D eigenvalue weighted by Crippen LogP contribution is 2.11. The highest BCUT2D eigenvalue weighted by atomic mass is 16.4. The maximum atomic E-state index is 11.1. The number of carbonyl (C=O) groups is 2. The summed E-state index contributed by atoms with van der Waals surface area (Å²) in [5, 5.41) is 8.47. The minimum atomic E-state index is -0.774. The molecule has 1 atom stereocenters. The van der Waals surface area contributed by atoms with Gasteiger partial charge in [0.2, 0.25) is 0 Å². The fourth-order valence-electron chi connectivity index (χ4n) is 1.55. The second-order valence-electron chi connectivity index (χ2n) is 3.56. The molecule has 1 N–H and O–H groups in total. The van der Waals surface area contributed by atoms with Gasteiger partial charge in [0.25, 0.3) is 0 Å². The number of ketones is 1. The summed E-state index contributed by atoms with van der Waals surface area (Å²) in [4.78, 5) is 23.5. The first-order chi connectivity index (χ1) is 6.09. The lowest BCUT2D eigenvalue weighted by molar-refractivity contribution is -0.137. The Hall–Kier alpha value is -0.900. The fraction of sp³-hybridized carbons (Fsp3) is 0.778. The topological polar surface area (TPSA) is 57.6 Å². The minimum absolute atomic E-state index is 0.0718. The Kier molecular flexibility index (Phi) is 3.42. The van der Waals surface area contributed by atoms with E-state index >= 15 is 0 Å². The van der Waals surface area contributed by atoms with E-state index in [1.807, 2.05) is 11.8 Å². The first-order valence-electron chi connectivity index (χ1n) is 4.56. The van der Waals surface area contributed by atoms with E-state index in [-0.39, 0.29) is 12.3 Å². The molecule has 0 aromatic heterocycles. The molecule has 0 aromatic rings. The number of Topliss-reactive ketones (excluding diaryl/α,β-unsaturated/α-hetero) is 1. The molecule has 1 aliphatic rings. The lowest BCUT2D eigenvalue weighted by Crippen LogP contribution is -2.40. The summed E-state index contributed by atoms with van der Waals surface area (Å²) >= 11 is 0. The van der Waals surface area contributed by atoms with Crippen LogP contribution in [0.5, 0.6) is 0 Å². The molecule has 1 unspecified atom stereocenters.